The summed E-state index contributed by atoms with van der Waals surface area (Å²) < 4.78 is 13.0. The van der Waals surface area contributed by atoms with Crippen LogP contribution in [0.15, 0.2) is 24.3 Å². The van der Waals surface area contributed by atoms with E-state index in [2.05, 4.69) is 16.3 Å². The highest BCUT2D eigenvalue weighted by molar-refractivity contribution is 5.60. The molecule has 5 nitrogen and oxygen atoms in total. The first-order valence-corrected chi connectivity index (χ1v) is 8.04. The van der Waals surface area contributed by atoms with E-state index < -0.39 is 5.60 Å². The number of β-amino-alcohol motifs (C(OH)–C–C–N with tert-alkyl or cyclic N) is 1. The first-order valence-electron chi connectivity index (χ1n) is 8.04. The lowest BCUT2D eigenvalue weighted by Gasteiger charge is -2.47. The number of aliphatic hydroxyl groups is 1. The molecule has 1 aliphatic heterocycles. The van der Waals surface area contributed by atoms with E-state index in [0.717, 1.165) is 17.7 Å². The van der Waals surface area contributed by atoms with Crippen molar-refractivity contribution in [1.82, 2.24) is 10.2 Å². The van der Waals surface area contributed by atoms with Gasteiger partial charge in [-0.2, -0.15) is 10.4 Å². The number of nitrogens with zero attached hydrogens (tertiary/aromatic N) is 4. The van der Waals surface area contributed by atoms with Crippen molar-refractivity contribution in [3.63, 3.8) is 0 Å². The van der Waals surface area contributed by atoms with Crippen molar-refractivity contribution >= 4 is 5.82 Å². The fraction of sp³-hybridized carbons (Fsp3) is 0.389. The summed E-state index contributed by atoms with van der Waals surface area (Å²) in [5.74, 6) is 0.178. The molecule has 0 saturated carbocycles. The number of aromatic nitrogens is 2. The lowest BCUT2D eigenvalue weighted by atomic mass is 9.85. The van der Waals surface area contributed by atoms with Crippen LogP contribution in [0.1, 0.15) is 36.2 Å². The Balaban J connectivity index is 1.88. The van der Waals surface area contributed by atoms with E-state index in [1.807, 2.05) is 18.7 Å². The minimum absolute atomic E-state index is 0.302. The molecular formula is C18H19FN4O. The molecule has 1 aliphatic rings. The molecule has 0 unspecified atom stereocenters. The molecule has 1 fully saturated rings. The van der Waals surface area contributed by atoms with Gasteiger partial charge in [-0.1, -0.05) is 26.0 Å². The van der Waals surface area contributed by atoms with Crippen molar-refractivity contribution in [2.75, 3.05) is 18.0 Å². The quantitative estimate of drug-likeness (QED) is 0.933. The van der Waals surface area contributed by atoms with Gasteiger partial charge >= 0.3 is 0 Å². The summed E-state index contributed by atoms with van der Waals surface area (Å²) in [5.41, 5.74) is 1.89. The largest absolute Gasteiger partial charge is 0.381 e. The molecule has 6 heteroatoms. The Bertz CT molecular complexity index is 792. The number of aryl methyl sites for hydroxylation is 1. The molecule has 1 saturated heterocycles. The van der Waals surface area contributed by atoms with E-state index in [1.54, 1.807) is 12.1 Å². The second kappa shape index (κ2) is 6.17. The number of hydrogen-bond donors (Lipinski definition) is 1. The number of benzene rings is 1. The van der Waals surface area contributed by atoms with Crippen molar-refractivity contribution in [3.8, 4) is 6.07 Å². The van der Waals surface area contributed by atoms with E-state index in [0.29, 0.717) is 36.5 Å². The average Bonchev–Trinajstić information content (AvgIpc) is 2.58. The lowest BCUT2D eigenvalue weighted by molar-refractivity contribution is 0.00687. The smallest absolute Gasteiger partial charge is 0.169 e. The molecule has 1 aromatic carbocycles. The maximum Gasteiger partial charge on any atom is 0.169 e. The minimum Gasteiger partial charge on any atom is -0.381 e. The van der Waals surface area contributed by atoms with E-state index in [-0.39, 0.29) is 5.82 Å². The van der Waals surface area contributed by atoms with Gasteiger partial charge in [-0.25, -0.2) is 4.39 Å². The maximum absolute atomic E-state index is 13.0. The van der Waals surface area contributed by atoms with Crippen LogP contribution in [0.5, 0.6) is 0 Å². The van der Waals surface area contributed by atoms with Crippen LogP contribution in [-0.4, -0.2) is 28.4 Å². The van der Waals surface area contributed by atoms with Crippen LogP contribution in [0, 0.1) is 17.1 Å². The molecule has 2 heterocycles. The molecule has 0 radical (unpaired) electrons. The topological polar surface area (TPSA) is 73.0 Å². The fourth-order valence-electron chi connectivity index (χ4n) is 3.18. The van der Waals surface area contributed by atoms with E-state index >= 15 is 0 Å². The molecule has 1 aromatic heterocycles. The Morgan fingerprint density at radius 3 is 2.42 bits per heavy atom. The van der Waals surface area contributed by atoms with Crippen LogP contribution < -0.4 is 4.90 Å². The van der Waals surface area contributed by atoms with Crippen LogP contribution in [0.3, 0.4) is 0 Å². The Hall–Kier alpha value is -2.52. The second-order valence-corrected chi connectivity index (χ2v) is 6.04. The SMILES string of the molecule is CCc1nnc(N2CC(O)(c3ccc(F)cc3)C2)c(C#N)c1CC. The number of halogens is 1. The molecule has 24 heavy (non-hydrogen) atoms. The summed E-state index contributed by atoms with van der Waals surface area (Å²) >= 11 is 0. The van der Waals surface area contributed by atoms with Gasteiger partial charge in [-0.3, -0.25) is 0 Å². The maximum atomic E-state index is 13.0. The first-order chi connectivity index (χ1) is 11.5. The summed E-state index contributed by atoms with van der Waals surface area (Å²) in [6.07, 6.45) is 1.44. The summed E-state index contributed by atoms with van der Waals surface area (Å²) in [6.45, 7) is 4.58. The Morgan fingerprint density at radius 2 is 1.88 bits per heavy atom. The number of nitriles is 1. The van der Waals surface area contributed by atoms with E-state index in [1.165, 1.54) is 12.1 Å². The van der Waals surface area contributed by atoms with Crippen molar-refractivity contribution < 1.29 is 9.50 Å². The predicted octanol–water partition coefficient (Wildman–Crippen LogP) is 2.32. The summed E-state index contributed by atoms with van der Waals surface area (Å²) in [6, 6.07) is 8.08. The van der Waals surface area contributed by atoms with E-state index in [9.17, 15) is 14.8 Å². The number of rotatable bonds is 4. The molecule has 0 amide bonds. The van der Waals surface area contributed by atoms with Crippen LogP contribution in [0.25, 0.3) is 0 Å². The fourth-order valence-corrected chi connectivity index (χ4v) is 3.18. The highest BCUT2D eigenvalue weighted by Crippen LogP contribution is 2.36. The monoisotopic (exact) mass is 326 g/mol. The van der Waals surface area contributed by atoms with Crippen LogP contribution in [0.4, 0.5) is 10.2 Å². The third-order valence-corrected chi connectivity index (χ3v) is 4.53. The van der Waals surface area contributed by atoms with Crippen molar-refractivity contribution in [3.05, 3.63) is 52.5 Å². The predicted molar refractivity (Wildman–Crippen MR) is 88.0 cm³/mol. The standard InChI is InChI=1S/C18H19FN4O/c1-3-14-15(9-20)17(22-21-16(14)4-2)23-10-18(24,11-23)12-5-7-13(19)8-6-12/h5-8,24H,3-4,10-11H2,1-2H3. The third-order valence-electron chi connectivity index (χ3n) is 4.53. The first kappa shape index (κ1) is 16.3. The molecule has 3 rings (SSSR count). The van der Waals surface area contributed by atoms with Gasteiger partial charge in [0.2, 0.25) is 0 Å². The summed E-state index contributed by atoms with van der Waals surface area (Å²) in [7, 11) is 0. The van der Waals surface area contributed by atoms with Crippen LogP contribution in [0.2, 0.25) is 0 Å². The van der Waals surface area contributed by atoms with E-state index in [4.69, 9.17) is 0 Å². The molecule has 0 bridgehead atoms. The van der Waals surface area contributed by atoms with Gasteiger partial charge in [-0.05, 0) is 36.1 Å². The molecule has 0 aliphatic carbocycles. The zero-order valence-corrected chi connectivity index (χ0v) is 13.8. The third kappa shape index (κ3) is 2.61. The van der Waals surface area contributed by atoms with Gasteiger partial charge in [-0.15, -0.1) is 5.10 Å². The highest BCUT2D eigenvalue weighted by atomic mass is 19.1. The normalized spacial score (nSPS) is 15.7. The van der Waals surface area contributed by atoms with Gasteiger partial charge in [0, 0.05) is 0 Å². The molecule has 0 spiro atoms. The Labute approximate surface area is 140 Å². The molecular weight excluding hydrogens is 307 g/mol. The van der Waals surface area contributed by atoms with Gasteiger partial charge in [0.05, 0.1) is 18.8 Å². The molecule has 0 atom stereocenters. The zero-order chi connectivity index (χ0) is 17.3. The van der Waals surface area contributed by atoms with Gasteiger partial charge in [0.25, 0.3) is 0 Å². The zero-order valence-electron chi connectivity index (χ0n) is 13.8. The number of hydrogen-bond acceptors (Lipinski definition) is 5. The molecule has 2 aromatic rings. The molecule has 124 valence electrons. The lowest BCUT2D eigenvalue weighted by Crippen LogP contribution is -2.60. The van der Waals surface area contributed by atoms with Gasteiger partial charge in [0.1, 0.15) is 23.1 Å². The van der Waals surface area contributed by atoms with Crippen LogP contribution >= 0.6 is 0 Å². The second-order valence-electron chi connectivity index (χ2n) is 6.04. The van der Waals surface area contributed by atoms with Gasteiger partial charge < -0.3 is 10.0 Å². The summed E-state index contributed by atoms with van der Waals surface area (Å²) in [5, 5.41) is 28.7. The summed E-state index contributed by atoms with van der Waals surface area (Å²) in [4.78, 5) is 1.84. The Morgan fingerprint density at radius 1 is 1.21 bits per heavy atom. The molecule has 1 N–H and O–H groups in total. The van der Waals surface area contributed by atoms with Crippen molar-refractivity contribution in [2.45, 2.75) is 32.3 Å². The van der Waals surface area contributed by atoms with Crippen molar-refractivity contribution in [2.24, 2.45) is 0 Å². The Kier molecular flexibility index (Phi) is 4.20. The van der Waals surface area contributed by atoms with Gasteiger partial charge in [0.15, 0.2) is 5.82 Å². The van der Waals surface area contributed by atoms with Crippen molar-refractivity contribution in [1.29, 1.82) is 5.26 Å². The van der Waals surface area contributed by atoms with Crippen LogP contribution in [-0.2, 0) is 18.4 Å². The number of anilines is 1. The average molecular weight is 326 g/mol. The highest BCUT2D eigenvalue weighted by Gasteiger charge is 2.44. The minimum atomic E-state index is -1.06.